The molecule has 0 radical (unpaired) electrons. The van der Waals surface area contributed by atoms with E-state index < -0.39 is 11.5 Å². The summed E-state index contributed by atoms with van der Waals surface area (Å²) in [5.74, 6) is -0.203. The predicted molar refractivity (Wildman–Crippen MR) is 165 cm³/mol. The fourth-order valence-corrected chi connectivity index (χ4v) is 4.77. The molecule has 0 saturated heterocycles. The maximum atomic E-state index is 13.4. The summed E-state index contributed by atoms with van der Waals surface area (Å²) in [6.07, 6.45) is 0. The highest BCUT2D eigenvalue weighted by Crippen LogP contribution is 2.24. The Balaban J connectivity index is 0.000000168. The molecule has 4 N–H and O–H groups in total. The van der Waals surface area contributed by atoms with E-state index in [1.165, 1.54) is 0 Å². The molecule has 6 rings (SSSR count). The summed E-state index contributed by atoms with van der Waals surface area (Å²) in [6, 6.07) is 10.5. The van der Waals surface area contributed by atoms with Gasteiger partial charge in [-0.1, -0.05) is 70.1 Å². The van der Waals surface area contributed by atoms with E-state index in [1.807, 2.05) is 6.07 Å². The summed E-state index contributed by atoms with van der Waals surface area (Å²) in [7, 11) is 0. The van der Waals surface area contributed by atoms with E-state index in [4.69, 9.17) is 58.0 Å². The normalized spacial score (nSPS) is 13.0. The zero-order valence-corrected chi connectivity index (χ0v) is 24.9. The van der Waals surface area contributed by atoms with Gasteiger partial charge in [0, 0.05) is 13.1 Å². The Morgan fingerprint density at radius 1 is 0.690 bits per heavy atom. The van der Waals surface area contributed by atoms with Gasteiger partial charge in [-0.25, -0.2) is 9.97 Å². The summed E-state index contributed by atoms with van der Waals surface area (Å²) < 4.78 is 13.4. The molecule has 4 heterocycles. The molecular weight excluding hydrogens is 653 g/mol. The molecule has 42 heavy (non-hydrogen) atoms. The second-order valence-corrected chi connectivity index (χ2v) is 10.9. The first kappa shape index (κ1) is 30.0. The van der Waals surface area contributed by atoms with Crippen molar-refractivity contribution in [2.24, 2.45) is 9.98 Å². The quantitative estimate of drug-likeness (QED) is 0.195. The maximum absolute atomic E-state index is 13.4. The predicted octanol–water partition coefficient (Wildman–Crippen LogP) is 6.11. The molecule has 0 bridgehead atoms. The zero-order chi connectivity index (χ0) is 30.0. The van der Waals surface area contributed by atoms with Crippen LogP contribution in [0.3, 0.4) is 0 Å². The van der Waals surface area contributed by atoms with Crippen LogP contribution in [0.2, 0.25) is 20.1 Å². The van der Waals surface area contributed by atoms with E-state index in [9.17, 15) is 14.0 Å². The number of aliphatic imine (C=N–C) groups is 2. The minimum Gasteiger partial charge on any atom is -0.352 e. The van der Waals surface area contributed by atoms with Gasteiger partial charge in [-0.15, -0.1) is 0 Å². The largest absolute Gasteiger partial charge is 0.352 e. The van der Waals surface area contributed by atoms with Gasteiger partial charge in [-0.3, -0.25) is 29.5 Å². The molecule has 0 aliphatic carbocycles. The molecule has 0 amide bonds. The fourth-order valence-electron chi connectivity index (χ4n) is 3.92. The molecular formula is C26H18Cl5FN8O2. The fraction of sp³-hybridized carbons (Fsp3) is 0.154. The highest BCUT2D eigenvalue weighted by atomic mass is 35.5. The number of nitrogens with one attached hydrogen (secondary N) is 4. The number of benzene rings is 2. The van der Waals surface area contributed by atoms with Crippen LogP contribution in [0.25, 0.3) is 0 Å². The minimum absolute atomic E-state index is 0.00427. The lowest BCUT2D eigenvalue weighted by atomic mass is 10.2. The van der Waals surface area contributed by atoms with Crippen LogP contribution < -0.4 is 21.8 Å². The number of hydrogen-bond donors (Lipinski definition) is 4. The van der Waals surface area contributed by atoms with E-state index in [2.05, 4.69) is 40.6 Å². The average molecular weight is 671 g/mol. The summed E-state index contributed by atoms with van der Waals surface area (Å²) >= 11 is 29.5. The minimum atomic E-state index is -0.714. The number of rotatable bonds is 6. The Kier molecular flexibility index (Phi) is 9.14. The standard InChI is InChI=1S/C13H9Cl3N4O.C13H9Cl2FN4O/c2*14-8-2-1-6(3-9(8)15)4-18-13-19-10-7(12(21)20-13)5-17-11(10)16/h2*1-3H,4-5H2,(H2,18,19,20,21). The molecule has 0 spiro atoms. The van der Waals surface area contributed by atoms with Crippen molar-refractivity contribution in [3.05, 3.63) is 111 Å². The lowest BCUT2D eigenvalue weighted by Crippen LogP contribution is -2.19. The van der Waals surface area contributed by atoms with Crippen LogP contribution >= 0.6 is 58.0 Å². The number of H-pyrrole nitrogens is 2. The molecule has 0 atom stereocenters. The highest BCUT2D eigenvalue weighted by Gasteiger charge is 2.22. The highest BCUT2D eigenvalue weighted by molar-refractivity contribution is 6.69. The molecule has 2 aliphatic heterocycles. The van der Waals surface area contributed by atoms with Crippen molar-refractivity contribution in [3.8, 4) is 0 Å². The van der Waals surface area contributed by atoms with Crippen LogP contribution in [0.1, 0.15) is 33.6 Å². The van der Waals surface area contributed by atoms with Crippen molar-refractivity contribution >= 4 is 81.0 Å². The second kappa shape index (κ2) is 12.8. The molecule has 2 aliphatic rings. The van der Waals surface area contributed by atoms with Crippen LogP contribution in [-0.4, -0.2) is 31.1 Å². The summed E-state index contributed by atoms with van der Waals surface area (Å²) in [5.41, 5.74) is 2.28. The summed E-state index contributed by atoms with van der Waals surface area (Å²) in [5, 5.41) is 8.05. The van der Waals surface area contributed by atoms with Crippen molar-refractivity contribution < 1.29 is 4.39 Å². The van der Waals surface area contributed by atoms with Crippen molar-refractivity contribution in [1.29, 1.82) is 0 Å². The van der Waals surface area contributed by atoms with E-state index in [0.717, 1.165) is 11.1 Å². The monoisotopic (exact) mass is 668 g/mol. The lowest BCUT2D eigenvalue weighted by molar-refractivity contribution is 0.800. The van der Waals surface area contributed by atoms with Gasteiger partial charge >= 0.3 is 0 Å². The first-order chi connectivity index (χ1) is 20.1. The van der Waals surface area contributed by atoms with Crippen molar-refractivity contribution in [2.75, 3.05) is 10.6 Å². The third-order valence-electron chi connectivity index (χ3n) is 6.06. The average Bonchev–Trinajstić information content (AvgIpc) is 3.53. The molecule has 0 unspecified atom stereocenters. The molecule has 0 fully saturated rings. The van der Waals surface area contributed by atoms with Gasteiger partial charge in [0.1, 0.15) is 11.4 Å². The van der Waals surface area contributed by atoms with Crippen LogP contribution in [0.4, 0.5) is 16.3 Å². The molecule has 4 aromatic rings. The number of aromatic nitrogens is 4. The Labute approximate surface area is 262 Å². The van der Waals surface area contributed by atoms with Crippen LogP contribution in [-0.2, 0) is 26.2 Å². The van der Waals surface area contributed by atoms with Gasteiger partial charge in [0.2, 0.25) is 17.9 Å². The van der Waals surface area contributed by atoms with Gasteiger partial charge in [0.05, 0.1) is 44.3 Å². The van der Waals surface area contributed by atoms with Gasteiger partial charge in [-0.05, 0) is 35.4 Å². The molecule has 16 heteroatoms. The topological polar surface area (TPSA) is 140 Å². The van der Waals surface area contributed by atoms with Crippen molar-refractivity contribution in [1.82, 2.24) is 19.9 Å². The molecule has 0 saturated carbocycles. The van der Waals surface area contributed by atoms with Gasteiger partial charge in [0.25, 0.3) is 11.1 Å². The number of halogens is 6. The van der Waals surface area contributed by atoms with E-state index in [0.29, 0.717) is 50.4 Å². The molecule has 10 nitrogen and oxygen atoms in total. The van der Waals surface area contributed by atoms with Gasteiger partial charge in [0.15, 0.2) is 5.17 Å². The third-order valence-corrected chi connectivity index (χ3v) is 7.84. The molecule has 2 aromatic heterocycles. The Hall–Kier alpha value is -3.48. The first-order valence-corrected chi connectivity index (χ1v) is 14.0. The van der Waals surface area contributed by atoms with Crippen molar-refractivity contribution in [3.63, 3.8) is 0 Å². The SMILES string of the molecule is O=c1[nH]c(NCc2ccc(Cl)c(Cl)c2)nc2c1CN=C2Cl.O=c1[nH]c(NCc2ccc(Cl)c(Cl)c2)nc2c1CN=C2F. The van der Waals surface area contributed by atoms with Crippen LogP contribution in [0, 0.1) is 0 Å². The van der Waals surface area contributed by atoms with Crippen LogP contribution in [0.5, 0.6) is 0 Å². The van der Waals surface area contributed by atoms with Crippen molar-refractivity contribution in [2.45, 2.75) is 26.2 Å². The lowest BCUT2D eigenvalue weighted by Gasteiger charge is -2.08. The Morgan fingerprint density at radius 3 is 1.69 bits per heavy atom. The molecule has 2 aromatic carbocycles. The summed E-state index contributed by atoms with van der Waals surface area (Å²) in [6.45, 7) is 1.09. The number of fused-ring (bicyclic) bond motifs is 2. The number of anilines is 2. The van der Waals surface area contributed by atoms with E-state index >= 15 is 0 Å². The number of aromatic amines is 2. The molecule has 216 valence electrons. The Bertz CT molecular complexity index is 1740. The van der Waals surface area contributed by atoms with Crippen LogP contribution in [0.15, 0.2) is 56.0 Å². The summed E-state index contributed by atoms with van der Waals surface area (Å²) in [4.78, 5) is 44.7. The number of hydrogen-bond acceptors (Lipinski definition) is 8. The van der Waals surface area contributed by atoms with E-state index in [-0.39, 0.29) is 41.0 Å². The first-order valence-electron chi connectivity index (χ1n) is 12.1. The third kappa shape index (κ3) is 6.77. The number of nitrogens with zero attached hydrogens (tertiary/aromatic N) is 4. The zero-order valence-electron chi connectivity index (χ0n) is 21.2. The van der Waals surface area contributed by atoms with E-state index in [1.54, 1.807) is 30.3 Å². The smallest absolute Gasteiger partial charge is 0.258 e. The maximum Gasteiger partial charge on any atom is 0.258 e. The van der Waals surface area contributed by atoms with Gasteiger partial charge < -0.3 is 10.6 Å². The second-order valence-electron chi connectivity index (χ2n) is 8.90. The van der Waals surface area contributed by atoms with Gasteiger partial charge in [-0.2, -0.15) is 4.39 Å². The Morgan fingerprint density at radius 2 is 1.17 bits per heavy atom.